The van der Waals surface area contributed by atoms with E-state index in [-0.39, 0.29) is 0 Å². The third kappa shape index (κ3) is 13.0. The third-order valence-electron chi connectivity index (χ3n) is 27.8. The molecule has 0 aliphatic carbocycles. The minimum atomic E-state index is 1.19. The average Bonchev–Trinajstić information content (AvgIpc) is 1.55. The summed E-state index contributed by atoms with van der Waals surface area (Å²) < 4.78 is 23.3. The van der Waals surface area contributed by atoms with Crippen molar-refractivity contribution < 1.29 is 0 Å². The molecule has 640 valence electrons. The van der Waals surface area contributed by atoms with Gasteiger partial charge in [-0.2, -0.15) is 0 Å². The van der Waals surface area contributed by atoms with Crippen LogP contribution < -0.4 is 0 Å². The minimum absolute atomic E-state index is 1.19. The van der Waals surface area contributed by atoms with E-state index < -0.39 is 0 Å². The molecule has 0 N–H and O–H groups in total. The molecule has 0 fully saturated rings. The van der Waals surface area contributed by atoms with Gasteiger partial charge in [-0.1, -0.05) is 358 Å². The second kappa shape index (κ2) is 32.4. The SMILES string of the molecule is c1ccc(-c2cccc3c2sc2cccc(-c4ccccc4-c4ccc5c(c4)sc4c6ccccc6n(-c6ccccc6)c54)c23)cc1.c1ccc(-n2c3ccccc3c3sc4cc(-c5ccccc5-c5cccc6sc7c8ccccc8ccc7c56)ccc4c32)cc1.c1ccc(-n2c3ccccc3c3sc4ccc(-c5ccccc5-c5ccc6c(c5)sc5cc7ccccc7cc56)cc4c32)cc1. The van der Waals surface area contributed by atoms with E-state index in [2.05, 4.69) is 481 Å². The number of para-hydroxylation sites is 6. The summed E-state index contributed by atoms with van der Waals surface area (Å²) in [7, 11) is 0. The Morgan fingerprint density at radius 2 is 0.474 bits per heavy atom. The monoisotopic (exact) mass is 1850 g/mol. The van der Waals surface area contributed by atoms with E-state index >= 15 is 0 Å². The number of benzene rings is 21. The van der Waals surface area contributed by atoms with Crippen LogP contribution in [0.4, 0.5) is 0 Å². The number of rotatable bonds is 10. The van der Waals surface area contributed by atoms with E-state index in [0.29, 0.717) is 0 Å². The van der Waals surface area contributed by atoms with Gasteiger partial charge in [0.05, 0.1) is 47.2 Å². The van der Waals surface area contributed by atoms with Crippen LogP contribution in [0.3, 0.4) is 0 Å². The van der Waals surface area contributed by atoms with Crippen molar-refractivity contribution in [3.8, 4) is 95.0 Å². The third-order valence-corrected chi connectivity index (χ3v) is 34.9. The Balaban J connectivity index is 0.000000102. The summed E-state index contributed by atoms with van der Waals surface area (Å²) in [6.07, 6.45) is 0. The first-order valence-corrected chi connectivity index (χ1v) is 51.4. The predicted octanol–water partition coefficient (Wildman–Crippen LogP) is 39.1. The maximum absolute atomic E-state index is 2.44. The van der Waals surface area contributed by atoms with E-state index in [1.54, 1.807) is 0 Å². The van der Waals surface area contributed by atoms with Gasteiger partial charge in [-0.25, -0.2) is 0 Å². The standard InChI is InChI=1S/C44H27NS2.2C42H25NS2/c1-3-13-28(14-4-1)32-20-11-22-37-41-34(21-12-24-39(41)46-43(32)37)33-18-8-7-17-31(33)29-25-26-36-40(27-29)47-44-35-19-9-10-23-38(35)45(42(36)44)30-15-5-2-6-16-30;1-2-12-28(13-3-1)43-36-19-9-8-17-33(36)42-40(43)34-23-22-27(25-38(34)45-42)29-14-6-7-16-31(29)32-18-10-20-37-39(32)35-24-21-26-11-4-5-15-30(26)41(35)44-37;1-2-12-30(13-3-1)43-37-17-9-8-16-34(37)42-41(43)36-23-28(19-21-38(36)45-42)31-14-6-7-15-32(31)29-18-20-33-35-22-26-10-4-5-11-27(26)24-40(35)44-39(33)25-29/h1-27H;2*1-25H. The molecule has 30 aromatic rings. The summed E-state index contributed by atoms with van der Waals surface area (Å²) in [6.45, 7) is 0. The Kier molecular flexibility index (Phi) is 18.9. The van der Waals surface area contributed by atoms with Crippen LogP contribution in [0.15, 0.2) is 467 Å². The maximum Gasteiger partial charge on any atom is 0.0727 e. The van der Waals surface area contributed by atoms with Gasteiger partial charge in [0.2, 0.25) is 0 Å². The molecule has 9 heterocycles. The molecule has 137 heavy (non-hydrogen) atoms. The molecule has 9 heteroatoms. The lowest BCUT2D eigenvalue weighted by Gasteiger charge is -2.13. The molecule has 3 nitrogen and oxygen atoms in total. The summed E-state index contributed by atoms with van der Waals surface area (Å²) in [5, 5.41) is 21.1. The Bertz CT molecular complexity index is 10100. The largest absolute Gasteiger partial charge is 0.308 e. The highest BCUT2D eigenvalue weighted by molar-refractivity contribution is 7.29. The Labute approximate surface area is 812 Å². The molecule has 0 amide bonds. The second-order valence-electron chi connectivity index (χ2n) is 35.5. The summed E-state index contributed by atoms with van der Waals surface area (Å²) in [4.78, 5) is 0. The van der Waals surface area contributed by atoms with Gasteiger partial charge in [0.1, 0.15) is 0 Å². The average molecular weight is 1850 g/mol. The van der Waals surface area contributed by atoms with Crippen molar-refractivity contribution in [1.29, 1.82) is 0 Å². The molecule has 0 aliphatic rings. The highest BCUT2D eigenvalue weighted by Gasteiger charge is 2.26. The van der Waals surface area contributed by atoms with Gasteiger partial charge in [0.15, 0.2) is 0 Å². The molecule has 0 radical (unpaired) electrons. The molecule has 0 aliphatic heterocycles. The number of thiophene rings is 6. The molecular weight excluding hydrogens is 1770 g/mol. The van der Waals surface area contributed by atoms with E-state index in [0.717, 1.165) is 0 Å². The van der Waals surface area contributed by atoms with Gasteiger partial charge < -0.3 is 13.7 Å². The van der Waals surface area contributed by atoms with Gasteiger partial charge in [-0.15, -0.1) is 68.0 Å². The molecule has 0 saturated carbocycles. The van der Waals surface area contributed by atoms with Gasteiger partial charge in [0.25, 0.3) is 0 Å². The maximum atomic E-state index is 2.44. The first kappa shape index (κ1) is 79.6. The smallest absolute Gasteiger partial charge is 0.0727 e. The number of aromatic nitrogens is 3. The molecule has 30 rings (SSSR count). The van der Waals surface area contributed by atoms with Gasteiger partial charge in [-0.05, 0) is 209 Å². The van der Waals surface area contributed by atoms with Crippen LogP contribution in [0, 0.1) is 0 Å². The number of nitrogens with zero attached hydrogens (tertiary/aromatic N) is 3. The fraction of sp³-hybridized carbons (Fsp3) is 0. The van der Waals surface area contributed by atoms with Crippen LogP contribution in [0.5, 0.6) is 0 Å². The summed E-state index contributed by atoms with van der Waals surface area (Å²) in [5.74, 6) is 0. The van der Waals surface area contributed by atoms with Crippen LogP contribution >= 0.6 is 68.0 Å². The Morgan fingerprint density at radius 3 is 0.993 bits per heavy atom. The minimum Gasteiger partial charge on any atom is -0.308 e. The van der Waals surface area contributed by atoms with Crippen LogP contribution in [0.2, 0.25) is 0 Å². The van der Waals surface area contributed by atoms with Crippen LogP contribution in [-0.2, 0) is 0 Å². The molecule has 0 saturated heterocycles. The van der Waals surface area contributed by atoms with Crippen molar-refractivity contribution in [3.05, 3.63) is 467 Å². The molecule has 0 bridgehead atoms. The molecule has 0 unspecified atom stereocenters. The molecular formula is C128H77N3S6. The van der Waals surface area contributed by atoms with Crippen molar-refractivity contribution in [2.45, 2.75) is 0 Å². The molecule has 0 atom stereocenters. The lowest BCUT2D eigenvalue weighted by Crippen LogP contribution is -1.93. The van der Waals surface area contributed by atoms with E-state index in [9.17, 15) is 0 Å². The first-order valence-electron chi connectivity index (χ1n) is 46.5. The quantitative estimate of drug-likeness (QED) is 0.130. The van der Waals surface area contributed by atoms with Crippen molar-refractivity contribution in [2.75, 3.05) is 0 Å². The van der Waals surface area contributed by atoms with E-state index in [4.69, 9.17) is 0 Å². The normalized spacial score (nSPS) is 11.9. The summed E-state index contributed by atoms with van der Waals surface area (Å²) in [5.41, 5.74) is 28.9. The zero-order valence-corrected chi connectivity index (χ0v) is 78.6. The Morgan fingerprint density at radius 1 is 0.139 bits per heavy atom. The zero-order chi connectivity index (χ0) is 89.9. The highest BCUT2D eigenvalue weighted by atomic mass is 32.1. The van der Waals surface area contributed by atoms with Crippen molar-refractivity contribution >= 4 is 244 Å². The van der Waals surface area contributed by atoms with Gasteiger partial charge >= 0.3 is 0 Å². The number of fused-ring (bicyclic) bond motifs is 27. The first-order chi connectivity index (χ1) is 68.0. The van der Waals surface area contributed by atoms with Crippen molar-refractivity contribution in [3.63, 3.8) is 0 Å². The van der Waals surface area contributed by atoms with Gasteiger partial charge in [-0.3, -0.25) is 0 Å². The lowest BCUT2D eigenvalue weighted by atomic mass is 9.91. The van der Waals surface area contributed by atoms with Crippen molar-refractivity contribution in [2.24, 2.45) is 0 Å². The molecule has 0 spiro atoms. The number of hydrogen-bond acceptors (Lipinski definition) is 6. The highest BCUT2D eigenvalue weighted by Crippen LogP contribution is 2.53. The van der Waals surface area contributed by atoms with Crippen molar-refractivity contribution in [1.82, 2.24) is 13.7 Å². The van der Waals surface area contributed by atoms with Crippen LogP contribution in [0.25, 0.3) is 271 Å². The van der Waals surface area contributed by atoms with E-state index in [1.807, 2.05) is 68.0 Å². The summed E-state index contributed by atoms with van der Waals surface area (Å²) in [6, 6.07) is 171. The predicted molar refractivity (Wildman–Crippen MR) is 600 cm³/mol. The summed E-state index contributed by atoms with van der Waals surface area (Å²) >= 11 is 11.4. The van der Waals surface area contributed by atoms with Crippen LogP contribution in [0.1, 0.15) is 0 Å². The number of hydrogen-bond donors (Lipinski definition) is 0. The second-order valence-corrected chi connectivity index (χ2v) is 41.8. The molecule has 21 aromatic carbocycles. The van der Waals surface area contributed by atoms with E-state index in [1.165, 1.54) is 271 Å². The zero-order valence-electron chi connectivity index (χ0n) is 73.7. The topological polar surface area (TPSA) is 14.8 Å². The Hall–Kier alpha value is -15.9. The fourth-order valence-corrected chi connectivity index (χ4v) is 29.1. The lowest BCUT2D eigenvalue weighted by molar-refractivity contribution is 1.19. The van der Waals surface area contributed by atoms with Gasteiger partial charge in [0, 0.05) is 124 Å². The van der Waals surface area contributed by atoms with Crippen LogP contribution in [-0.4, -0.2) is 13.7 Å². The molecule has 9 aromatic heterocycles. The fourth-order valence-electron chi connectivity index (χ4n) is 21.7.